The van der Waals surface area contributed by atoms with Gasteiger partial charge in [-0.15, -0.1) is 5.10 Å². The molecular weight excluding hydrogens is 290 g/mol. The van der Waals surface area contributed by atoms with Crippen LogP contribution in [0.5, 0.6) is 0 Å². The molecule has 1 aromatic carbocycles. The molecular formula is C13H13N5O2S. The lowest BCUT2D eigenvalue weighted by atomic mass is 10.3. The molecule has 3 rings (SSSR count). The molecule has 1 atom stereocenters. The highest BCUT2D eigenvalue weighted by atomic mass is 32.1. The number of anilines is 1. The molecule has 3 aromatic rings. The Morgan fingerprint density at radius 3 is 3.00 bits per heavy atom. The van der Waals surface area contributed by atoms with Crippen molar-refractivity contribution in [3.05, 3.63) is 36.2 Å². The molecule has 0 saturated heterocycles. The third-order valence-electron chi connectivity index (χ3n) is 2.83. The number of para-hydroxylation sites is 1. The van der Waals surface area contributed by atoms with E-state index in [0.29, 0.717) is 10.8 Å². The van der Waals surface area contributed by atoms with Crippen LogP contribution in [-0.2, 0) is 11.3 Å². The minimum atomic E-state index is -0.703. The van der Waals surface area contributed by atoms with Gasteiger partial charge in [0.1, 0.15) is 12.2 Å². The number of rotatable bonds is 4. The summed E-state index contributed by atoms with van der Waals surface area (Å²) in [4.78, 5) is 16.3. The van der Waals surface area contributed by atoms with Crippen molar-refractivity contribution < 1.29 is 9.90 Å². The molecule has 7 nitrogen and oxygen atoms in total. The summed E-state index contributed by atoms with van der Waals surface area (Å²) in [7, 11) is 0. The molecule has 108 valence electrons. The van der Waals surface area contributed by atoms with Gasteiger partial charge in [-0.2, -0.15) is 0 Å². The largest absolute Gasteiger partial charge is 0.387 e. The summed E-state index contributed by atoms with van der Waals surface area (Å²) in [5, 5.41) is 20.2. The average Bonchev–Trinajstić information content (AvgIpc) is 3.04. The number of fused-ring (bicyclic) bond motifs is 1. The zero-order valence-electron chi connectivity index (χ0n) is 11.2. The molecule has 2 heterocycles. The van der Waals surface area contributed by atoms with E-state index in [1.807, 2.05) is 24.3 Å². The van der Waals surface area contributed by atoms with Gasteiger partial charge in [0.25, 0.3) is 0 Å². The lowest BCUT2D eigenvalue weighted by Crippen LogP contribution is -2.19. The lowest BCUT2D eigenvalue weighted by Gasteiger charge is -2.00. The van der Waals surface area contributed by atoms with Crippen molar-refractivity contribution in [2.24, 2.45) is 0 Å². The maximum Gasteiger partial charge on any atom is 0.247 e. The molecule has 21 heavy (non-hydrogen) atoms. The molecule has 1 amide bonds. The number of hydrogen-bond acceptors (Lipinski definition) is 6. The summed E-state index contributed by atoms with van der Waals surface area (Å²) in [6.45, 7) is 1.62. The van der Waals surface area contributed by atoms with Crippen LogP contribution in [0.15, 0.2) is 30.5 Å². The number of aromatic nitrogens is 4. The number of nitrogens with zero attached hydrogens (tertiary/aromatic N) is 4. The fourth-order valence-corrected chi connectivity index (χ4v) is 2.70. The normalized spacial score (nSPS) is 12.5. The number of benzene rings is 1. The summed E-state index contributed by atoms with van der Waals surface area (Å²) in [5.74, 6) is -0.240. The highest BCUT2D eigenvalue weighted by Gasteiger charge is 2.11. The Morgan fingerprint density at radius 1 is 1.48 bits per heavy atom. The van der Waals surface area contributed by atoms with E-state index < -0.39 is 6.10 Å². The molecule has 8 heteroatoms. The zero-order valence-corrected chi connectivity index (χ0v) is 12.0. The maximum absolute atomic E-state index is 11.9. The van der Waals surface area contributed by atoms with Crippen LogP contribution in [0.4, 0.5) is 5.13 Å². The van der Waals surface area contributed by atoms with Crippen LogP contribution in [0, 0.1) is 0 Å². The first kappa shape index (κ1) is 13.7. The number of amides is 1. The van der Waals surface area contributed by atoms with Crippen LogP contribution in [0.25, 0.3) is 10.2 Å². The summed E-state index contributed by atoms with van der Waals surface area (Å²) >= 11 is 1.42. The fraction of sp³-hybridized carbons (Fsp3) is 0.231. The number of nitrogens with one attached hydrogen (secondary N) is 1. The topological polar surface area (TPSA) is 92.9 Å². The summed E-state index contributed by atoms with van der Waals surface area (Å²) in [6.07, 6.45) is 0.842. The molecule has 1 unspecified atom stereocenters. The Hall–Kier alpha value is -2.32. The summed E-state index contributed by atoms with van der Waals surface area (Å²) < 4.78 is 2.40. The second kappa shape index (κ2) is 5.58. The second-order valence-corrected chi connectivity index (χ2v) is 5.58. The Kier molecular flexibility index (Phi) is 3.63. The van der Waals surface area contributed by atoms with Gasteiger partial charge in [0.2, 0.25) is 5.91 Å². The van der Waals surface area contributed by atoms with E-state index in [1.165, 1.54) is 16.0 Å². The van der Waals surface area contributed by atoms with Gasteiger partial charge in [0.05, 0.1) is 22.5 Å². The van der Waals surface area contributed by atoms with Gasteiger partial charge >= 0.3 is 0 Å². The first-order valence-corrected chi connectivity index (χ1v) is 7.17. The van der Waals surface area contributed by atoms with Gasteiger partial charge in [-0.1, -0.05) is 28.7 Å². The molecule has 0 bridgehead atoms. The SMILES string of the molecule is CC(O)c1cn(CC(=O)Nc2nc3ccccc3s2)nn1. The molecule has 0 aliphatic rings. The third-order valence-corrected chi connectivity index (χ3v) is 3.78. The van der Waals surface area contributed by atoms with E-state index in [-0.39, 0.29) is 12.5 Å². The molecule has 0 radical (unpaired) electrons. The molecule has 0 aliphatic heterocycles. The summed E-state index contributed by atoms with van der Waals surface area (Å²) in [5.41, 5.74) is 1.29. The number of thiazole rings is 1. The van der Waals surface area contributed by atoms with Gasteiger partial charge in [0.15, 0.2) is 5.13 Å². The molecule has 0 fully saturated rings. The van der Waals surface area contributed by atoms with Gasteiger partial charge in [-0.05, 0) is 19.1 Å². The van der Waals surface area contributed by atoms with E-state index >= 15 is 0 Å². The Labute approximate surface area is 124 Å². The number of aliphatic hydroxyl groups excluding tert-OH is 1. The summed E-state index contributed by atoms with van der Waals surface area (Å²) in [6, 6.07) is 7.68. The van der Waals surface area contributed by atoms with E-state index in [4.69, 9.17) is 0 Å². The van der Waals surface area contributed by atoms with Gasteiger partial charge < -0.3 is 10.4 Å². The van der Waals surface area contributed by atoms with E-state index in [9.17, 15) is 9.90 Å². The monoisotopic (exact) mass is 303 g/mol. The predicted molar refractivity (Wildman–Crippen MR) is 78.9 cm³/mol. The molecule has 2 N–H and O–H groups in total. The van der Waals surface area contributed by atoms with Crippen LogP contribution < -0.4 is 5.32 Å². The van der Waals surface area contributed by atoms with E-state index in [2.05, 4.69) is 20.6 Å². The number of carbonyl (C=O) groups is 1. The number of aliphatic hydroxyl groups is 1. The first-order chi connectivity index (χ1) is 10.1. The van der Waals surface area contributed by atoms with Crippen molar-refractivity contribution in [2.75, 3.05) is 5.32 Å². The first-order valence-electron chi connectivity index (χ1n) is 6.35. The molecule has 2 aromatic heterocycles. The highest BCUT2D eigenvalue weighted by molar-refractivity contribution is 7.22. The average molecular weight is 303 g/mol. The number of hydrogen-bond donors (Lipinski definition) is 2. The van der Waals surface area contributed by atoms with Crippen LogP contribution in [0.2, 0.25) is 0 Å². The van der Waals surface area contributed by atoms with E-state index in [1.54, 1.807) is 13.1 Å². The van der Waals surface area contributed by atoms with Crippen LogP contribution in [-0.4, -0.2) is 31.0 Å². The van der Waals surface area contributed by atoms with Crippen LogP contribution in [0.1, 0.15) is 18.7 Å². The van der Waals surface area contributed by atoms with Gasteiger partial charge in [-0.25, -0.2) is 9.67 Å². The van der Waals surface area contributed by atoms with Crippen molar-refractivity contribution in [2.45, 2.75) is 19.6 Å². The Morgan fingerprint density at radius 2 is 2.29 bits per heavy atom. The van der Waals surface area contributed by atoms with Crippen LogP contribution in [0.3, 0.4) is 0 Å². The van der Waals surface area contributed by atoms with Gasteiger partial charge in [0, 0.05) is 0 Å². The minimum Gasteiger partial charge on any atom is -0.387 e. The van der Waals surface area contributed by atoms with Crippen molar-refractivity contribution in [1.29, 1.82) is 0 Å². The highest BCUT2D eigenvalue weighted by Crippen LogP contribution is 2.25. The van der Waals surface area contributed by atoms with Crippen molar-refractivity contribution in [3.8, 4) is 0 Å². The Balaban J connectivity index is 1.68. The van der Waals surface area contributed by atoms with Crippen molar-refractivity contribution in [3.63, 3.8) is 0 Å². The smallest absolute Gasteiger partial charge is 0.247 e. The fourth-order valence-electron chi connectivity index (χ4n) is 1.81. The number of carbonyl (C=O) groups excluding carboxylic acids is 1. The predicted octanol–water partition coefficient (Wildman–Crippen LogP) is 1.58. The van der Waals surface area contributed by atoms with E-state index in [0.717, 1.165) is 10.2 Å². The van der Waals surface area contributed by atoms with Crippen molar-refractivity contribution >= 4 is 32.6 Å². The molecule has 0 saturated carbocycles. The second-order valence-electron chi connectivity index (χ2n) is 4.55. The molecule has 0 aliphatic carbocycles. The van der Waals surface area contributed by atoms with Gasteiger partial charge in [-0.3, -0.25) is 4.79 Å². The molecule has 0 spiro atoms. The quantitative estimate of drug-likeness (QED) is 0.763. The third kappa shape index (κ3) is 3.06. The zero-order chi connectivity index (χ0) is 14.8. The Bertz CT molecular complexity index is 747. The minimum absolute atomic E-state index is 0.0235. The van der Waals surface area contributed by atoms with Crippen LogP contribution >= 0.6 is 11.3 Å². The maximum atomic E-state index is 11.9. The standard InChI is InChI=1S/C13H13N5O2S/c1-8(19)10-6-18(17-16-10)7-12(20)15-13-14-9-4-2-3-5-11(9)21-13/h2-6,8,19H,7H2,1H3,(H,14,15,20). The van der Waals surface area contributed by atoms with Crippen molar-refractivity contribution in [1.82, 2.24) is 20.0 Å². The lowest BCUT2D eigenvalue weighted by molar-refractivity contribution is -0.116.